The normalized spacial score (nSPS) is 16.0. The number of rotatable bonds is 7. The maximum atomic E-state index is 13.3. The highest BCUT2D eigenvalue weighted by molar-refractivity contribution is 5.82. The van der Waals surface area contributed by atoms with Gasteiger partial charge in [-0.05, 0) is 49.8 Å². The number of ether oxygens (including phenoxy) is 1. The van der Waals surface area contributed by atoms with E-state index in [1.807, 2.05) is 6.92 Å². The van der Waals surface area contributed by atoms with Crippen LogP contribution in [0, 0.1) is 11.7 Å². The summed E-state index contributed by atoms with van der Waals surface area (Å²) < 4.78 is 21.7. The van der Waals surface area contributed by atoms with Gasteiger partial charge in [-0.25, -0.2) is 9.18 Å². The zero-order valence-electron chi connectivity index (χ0n) is 17.4. The average molecular weight is 417 g/mol. The van der Waals surface area contributed by atoms with Crippen molar-refractivity contribution in [2.24, 2.45) is 18.0 Å². The first-order valence-electron chi connectivity index (χ1n) is 10.4. The van der Waals surface area contributed by atoms with Crippen molar-refractivity contribution >= 4 is 11.7 Å². The molecule has 30 heavy (non-hydrogen) atoms. The first-order valence-corrected chi connectivity index (χ1v) is 10.4. The van der Waals surface area contributed by atoms with Gasteiger partial charge in [0.25, 0.3) is 5.56 Å². The smallest absolute Gasteiger partial charge is 0.332 e. The third kappa shape index (κ3) is 4.70. The molecular formula is C22H28FN3O4. The number of benzene rings is 1. The lowest BCUT2D eigenvalue weighted by atomic mass is 9.93. The molecule has 1 aliphatic rings. The lowest BCUT2D eigenvalue weighted by molar-refractivity contribution is 0.277. The maximum absolute atomic E-state index is 13.3. The van der Waals surface area contributed by atoms with Gasteiger partial charge >= 0.3 is 5.69 Å². The predicted molar refractivity (Wildman–Crippen MR) is 113 cm³/mol. The largest absolute Gasteiger partial charge is 0.480 e. The Morgan fingerprint density at radius 2 is 2.00 bits per heavy atom. The molecule has 1 aliphatic heterocycles. The van der Waals surface area contributed by atoms with Gasteiger partial charge in [0.15, 0.2) is 5.90 Å². The molecule has 7 nitrogen and oxygen atoms in total. The quantitative estimate of drug-likeness (QED) is 0.749. The van der Waals surface area contributed by atoms with Crippen molar-refractivity contribution in [3.05, 3.63) is 62.0 Å². The monoisotopic (exact) mass is 417 g/mol. The van der Waals surface area contributed by atoms with Crippen LogP contribution in [-0.4, -0.2) is 33.4 Å². The minimum atomic E-state index is -0.456. The van der Waals surface area contributed by atoms with Gasteiger partial charge < -0.3 is 9.84 Å². The zero-order chi connectivity index (χ0) is 21.7. The summed E-state index contributed by atoms with van der Waals surface area (Å²) in [6, 6.07) is 6.33. The Labute approximate surface area is 174 Å². The van der Waals surface area contributed by atoms with E-state index in [9.17, 15) is 14.0 Å². The second kappa shape index (κ2) is 9.84. The van der Waals surface area contributed by atoms with Crippen molar-refractivity contribution < 1.29 is 14.2 Å². The molecule has 3 rings (SSSR count). The zero-order valence-corrected chi connectivity index (χ0v) is 17.4. The second-order valence-corrected chi connectivity index (χ2v) is 7.54. The molecule has 0 radical (unpaired) electrons. The van der Waals surface area contributed by atoms with Crippen LogP contribution >= 0.6 is 0 Å². The maximum Gasteiger partial charge on any atom is 0.332 e. The first kappa shape index (κ1) is 22.0. The molecule has 2 heterocycles. The number of aliphatic hydroxyl groups excluding tert-OH is 1. The molecule has 1 unspecified atom stereocenters. The van der Waals surface area contributed by atoms with Gasteiger partial charge in [-0.2, -0.15) is 4.99 Å². The number of hydrogen-bond donors (Lipinski definition) is 1. The van der Waals surface area contributed by atoms with Gasteiger partial charge in [0.1, 0.15) is 11.6 Å². The number of hydrogen-bond acceptors (Lipinski definition) is 5. The van der Waals surface area contributed by atoms with E-state index in [1.54, 1.807) is 19.2 Å². The van der Waals surface area contributed by atoms with Gasteiger partial charge in [0.05, 0.1) is 12.2 Å². The minimum Gasteiger partial charge on any atom is -0.480 e. The SMILES string of the molecule is CCCOC1=Nc2c(c(=O)n(CCCO)c(=O)n2C)CCC1Cc1ccc(F)cc1. The van der Waals surface area contributed by atoms with E-state index in [0.717, 1.165) is 16.6 Å². The van der Waals surface area contributed by atoms with Crippen LogP contribution in [0.4, 0.5) is 10.2 Å². The molecule has 1 atom stereocenters. The van der Waals surface area contributed by atoms with E-state index >= 15 is 0 Å². The van der Waals surface area contributed by atoms with Crippen LogP contribution in [0.1, 0.15) is 37.3 Å². The molecule has 1 N–H and O–H groups in total. The van der Waals surface area contributed by atoms with Gasteiger partial charge in [-0.3, -0.25) is 13.9 Å². The van der Waals surface area contributed by atoms with Crippen molar-refractivity contribution in [1.82, 2.24) is 9.13 Å². The summed E-state index contributed by atoms with van der Waals surface area (Å²) in [6.45, 7) is 2.54. The van der Waals surface area contributed by atoms with E-state index in [-0.39, 0.29) is 30.4 Å². The number of halogens is 1. The summed E-state index contributed by atoms with van der Waals surface area (Å²) in [5, 5.41) is 9.09. The topological polar surface area (TPSA) is 85.8 Å². The molecule has 8 heteroatoms. The van der Waals surface area contributed by atoms with Crippen LogP contribution < -0.4 is 11.2 Å². The van der Waals surface area contributed by atoms with E-state index < -0.39 is 5.69 Å². The standard InChI is InChI=1S/C22H28FN3O4/c1-3-13-30-20-16(14-15-5-8-17(23)9-6-15)7-10-18-19(24-20)25(2)22(29)26(21(18)28)11-4-12-27/h5-6,8-9,16,27H,3-4,7,10-14H2,1-2H3. The summed E-state index contributed by atoms with van der Waals surface area (Å²) in [5.41, 5.74) is 0.619. The molecule has 162 valence electrons. The highest BCUT2D eigenvalue weighted by atomic mass is 19.1. The molecule has 0 spiro atoms. The molecule has 1 aromatic carbocycles. The Bertz CT molecular complexity index is 1020. The van der Waals surface area contributed by atoms with Crippen LogP contribution in [-0.2, 0) is 31.2 Å². The Hall–Kier alpha value is -2.74. The first-order chi connectivity index (χ1) is 14.5. The van der Waals surface area contributed by atoms with E-state index in [2.05, 4.69) is 4.99 Å². The van der Waals surface area contributed by atoms with Gasteiger partial charge in [0.2, 0.25) is 0 Å². The fraction of sp³-hybridized carbons (Fsp3) is 0.500. The van der Waals surface area contributed by atoms with Crippen LogP contribution in [0.25, 0.3) is 0 Å². The lowest BCUT2D eigenvalue weighted by Gasteiger charge is -2.18. The molecule has 0 fully saturated rings. The van der Waals surface area contributed by atoms with Crippen molar-refractivity contribution in [3.63, 3.8) is 0 Å². The lowest BCUT2D eigenvalue weighted by Crippen LogP contribution is -2.41. The van der Waals surface area contributed by atoms with E-state index in [4.69, 9.17) is 9.84 Å². The van der Waals surface area contributed by atoms with Gasteiger partial charge in [-0.15, -0.1) is 0 Å². The number of aliphatic hydroxyl groups is 1. The highest BCUT2D eigenvalue weighted by Gasteiger charge is 2.27. The van der Waals surface area contributed by atoms with Crippen molar-refractivity contribution in [3.8, 4) is 0 Å². The Kier molecular flexibility index (Phi) is 7.20. The molecule has 0 saturated heterocycles. The summed E-state index contributed by atoms with van der Waals surface area (Å²) in [5.74, 6) is 0.455. The van der Waals surface area contributed by atoms with Gasteiger partial charge in [0, 0.05) is 26.1 Å². The average Bonchev–Trinajstić information content (AvgIpc) is 2.92. The van der Waals surface area contributed by atoms with Crippen LogP contribution in [0.2, 0.25) is 0 Å². The van der Waals surface area contributed by atoms with Crippen LogP contribution in [0.5, 0.6) is 0 Å². The molecule has 0 saturated carbocycles. The Balaban J connectivity index is 2.02. The second-order valence-electron chi connectivity index (χ2n) is 7.54. The number of nitrogens with zero attached hydrogens (tertiary/aromatic N) is 3. The fourth-order valence-corrected chi connectivity index (χ4v) is 3.70. The molecule has 0 bridgehead atoms. The number of fused-ring (bicyclic) bond motifs is 1. The molecule has 0 aliphatic carbocycles. The Morgan fingerprint density at radius 1 is 1.27 bits per heavy atom. The molecule has 2 aromatic rings. The Morgan fingerprint density at radius 3 is 2.67 bits per heavy atom. The van der Waals surface area contributed by atoms with Crippen molar-refractivity contribution in [2.45, 2.75) is 45.6 Å². The third-order valence-electron chi connectivity index (χ3n) is 5.31. The summed E-state index contributed by atoms with van der Waals surface area (Å²) in [4.78, 5) is 30.3. The van der Waals surface area contributed by atoms with Gasteiger partial charge in [-0.1, -0.05) is 19.1 Å². The van der Waals surface area contributed by atoms with Crippen LogP contribution in [0.3, 0.4) is 0 Å². The third-order valence-corrected chi connectivity index (χ3v) is 5.31. The minimum absolute atomic E-state index is 0.0881. The summed E-state index contributed by atoms with van der Waals surface area (Å²) in [6.07, 6.45) is 2.81. The van der Waals surface area contributed by atoms with Crippen molar-refractivity contribution in [1.29, 1.82) is 0 Å². The van der Waals surface area contributed by atoms with E-state index in [1.165, 1.54) is 16.7 Å². The highest BCUT2D eigenvalue weighted by Crippen LogP contribution is 2.27. The van der Waals surface area contributed by atoms with E-state index in [0.29, 0.717) is 49.6 Å². The summed E-state index contributed by atoms with van der Waals surface area (Å²) in [7, 11) is 1.59. The predicted octanol–water partition coefficient (Wildman–Crippen LogP) is 2.33. The number of aromatic nitrogens is 2. The van der Waals surface area contributed by atoms with Crippen LogP contribution in [0.15, 0.2) is 38.8 Å². The molecule has 0 amide bonds. The number of aliphatic imine (C=N–C) groups is 1. The fourth-order valence-electron chi connectivity index (χ4n) is 3.70. The molecular weight excluding hydrogens is 389 g/mol. The van der Waals surface area contributed by atoms with Crippen molar-refractivity contribution in [2.75, 3.05) is 13.2 Å². The summed E-state index contributed by atoms with van der Waals surface area (Å²) >= 11 is 0. The molecule has 1 aromatic heterocycles.